The first-order valence-corrected chi connectivity index (χ1v) is 10.7. The van der Waals surface area contributed by atoms with Crippen LogP contribution in [-0.2, 0) is 6.18 Å². The largest absolute Gasteiger partial charge is 0.434 e. The van der Waals surface area contributed by atoms with Crippen LogP contribution in [0.4, 0.5) is 18.2 Å². The van der Waals surface area contributed by atoms with Gasteiger partial charge in [0.1, 0.15) is 0 Å². The maximum absolute atomic E-state index is 14.1. The van der Waals surface area contributed by atoms with Crippen molar-refractivity contribution in [3.63, 3.8) is 0 Å². The van der Waals surface area contributed by atoms with Crippen LogP contribution in [0.5, 0.6) is 0 Å². The molecule has 4 heterocycles. The standard InChI is InChI=1S/C20H11ClF3N7O2S/c21-13-8-15(34-19(13)31-26-6-7-27-31)29-18(33)12-9-28-30(16(12)20(22,23)24)14-3-1-2-11-10(14)4-5-25-17(11)32/h1-9H,(H,25,32)(H,29,33). The molecule has 0 atom stereocenters. The van der Waals surface area contributed by atoms with Gasteiger partial charge in [-0.05, 0) is 24.3 Å². The van der Waals surface area contributed by atoms with E-state index in [-0.39, 0.29) is 26.5 Å². The van der Waals surface area contributed by atoms with Gasteiger partial charge in [-0.3, -0.25) is 9.59 Å². The van der Waals surface area contributed by atoms with Crippen molar-refractivity contribution in [3.05, 3.63) is 81.8 Å². The fourth-order valence-electron chi connectivity index (χ4n) is 3.42. The molecule has 2 N–H and O–H groups in total. The van der Waals surface area contributed by atoms with Crippen LogP contribution in [0.15, 0.2) is 59.9 Å². The van der Waals surface area contributed by atoms with Gasteiger partial charge in [-0.2, -0.15) is 28.5 Å². The van der Waals surface area contributed by atoms with E-state index in [0.29, 0.717) is 9.68 Å². The number of aromatic nitrogens is 6. The molecule has 4 aromatic heterocycles. The van der Waals surface area contributed by atoms with Crippen LogP contribution < -0.4 is 10.9 Å². The molecule has 0 saturated heterocycles. The Bertz CT molecular complexity index is 1590. The average molecular weight is 506 g/mol. The van der Waals surface area contributed by atoms with E-state index in [1.165, 1.54) is 53.7 Å². The number of benzene rings is 1. The van der Waals surface area contributed by atoms with Crippen LogP contribution in [-0.4, -0.2) is 35.7 Å². The highest BCUT2D eigenvalue weighted by atomic mass is 35.5. The average Bonchev–Trinajstić information content (AvgIpc) is 3.53. The third-order valence-corrected chi connectivity index (χ3v) is 6.23. The lowest BCUT2D eigenvalue weighted by Gasteiger charge is -2.14. The molecular weight excluding hydrogens is 495 g/mol. The van der Waals surface area contributed by atoms with Crippen LogP contribution in [0.3, 0.4) is 0 Å². The minimum absolute atomic E-state index is 0.00110. The monoisotopic (exact) mass is 505 g/mol. The molecule has 1 amide bonds. The topological polar surface area (TPSA) is 110 Å². The summed E-state index contributed by atoms with van der Waals surface area (Å²) in [5.41, 5.74) is -2.44. The lowest BCUT2D eigenvalue weighted by molar-refractivity contribution is -0.143. The molecule has 0 unspecified atom stereocenters. The first-order valence-electron chi connectivity index (χ1n) is 9.47. The van der Waals surface area contributed by atoms with Crippen LogP contribution in [0.2, 0.25) is 5.02 Å². The summed E-state index contributed by atoms with van der Waals surface area (Å²) >= 11 is 7.14. The highest BCUT2D eigenvalue weighted by Crippen LogP contribution is 2.37. The van der Waals surface area contributed by atoms with E-state index in [0.717, 1.165) is 17.5 Å². The zero-order chi connectivity index (χ0) is 24.0. The zero-order valence-corrected chi connectivity index (χ0v) is 18.2. The number of rotatable bonds is 4. The van der Waals surface area contributed by atoms with Crippen molar-refractivity contribution in [1.82, 2.24) is 29.8 Å². The predicted molar refractivity (Wildman–Crippen MR) is 119 cm³/mol. The first kappa shape index (κ1) is 21.9. The van der Waals surface area contributed by atoms with Gasteiger partial charge in [0.05, 0.1) is 39.9 Å². The number of H-pyrrole nitrogens is 1. The van der Waals surface area contributed by atoms with E-state index in [1.54, 1.807) is 0 Å². The van der Waals surface area contributed by atoms with Crippen molar-refractivity contribution in [2.45, 2.75) is 6.18 Å². The molecule has 0 saturated carbocycles. The lowest BCUT2D eigenvalue weighted by Crippen LogP contribution is -2.20. The summed E-state index contributed by atoms with van der Waals surface area (Å²) in [6.07, 6.45) is 0.0864. The van der Waals surface area contributed by atoms with Gasteiger partial charge < -0.3 is 10.3 Å². The number of halogens is 4. The quantitative estimate of drug-likeness (QED) is 0.379. The minimum atomic E-state index is -4.93. The van der Waals surface area contributed by atoms with Crippen LogP contribution >= 0.6 is 22.9 Å². The van der Waals surface area contributed by atoms with Gasteiger partial charge in [0.2, 0.25) is 0 Å². The number of aromatic amines is 1. The number of alkyl halides is 3. The summed E-state index contributed by atoms with van der Waals surface area (Å²) in [4.78, 5) is 28.6. The summed E-state index contributed by atoms with van der Waals surface area (Å²) in [7, 11) is 0. The number of carbonyl (C=O) groups is 1. The van der Waals surface area contributed by atoms with Gasteiger partial charge in [-0.25, -0.2) is 4.68 Å². The number of nitrogens with one attached hydrogen (secondary N) is 2. The highest BCUT2D eigenvalue weighted by molar-refractivity contribution is 7.19. The summed E-state index contributed by atoms with van der Waals surface area (Å²) in [5.74, 6) is -1.03. The van der Waals surface area contributed by atoms with E-state index >= 15 is 0 Å². The molecule has 9 nitrogen and oxygen atoms in total. The Hall–Kier alpha value is -3.97. The minimum Gasteiger partial charge on any atom is -0.329 e. The Morgan fingerprint density at radius 2 is 1.88 bits per heavy atom. The molecule has 0 bridgehead atoms. The number of thiophene rings is 1. The number of carbonyl (C=O) groups excluding carboxylic acids is 1. The first-order chi connectivity index (χ1) is 16.2. The molecule has 14 heteroatoms. The molecule has 172 valence electrons. The fourth-order valence-corrected chi connectivity index (χ4v) is 4.64. The SMILES string of the molecule is O=C(Nc1cc(Cl)c(-n2nccn2)s1)c1cnn(-c2cccc3c(=O)[nH]ccc23)c1C(F)(F)F. The van der Waals surface area contributed by atoms with Gasteiger partial charge in [0.15, 0.2) is 10.7 Å². The van der Waals surface area contributed by atoms with Crippen molar-refractivity contribution in [1.29, 1.82) is 0 Å². The molecular formula is C20H11ClF3N7O2S. The number of nitrogens with zero attached hydrogens (tertiary/aromatic N) is 5. The van der Waals surface area contributed by atoms with Crippen LogP contribution in [0, 0.1) is 0 Å². The van der Waals surface area contributed by atoms with E-state index in [2.05, 4.69) is 25.6 Å². The second kappa shape index (κ2) is 8.11. The second-order valence-corrected chi connectivity index (χ2v) is 8.34. The van der Waals surface area contributed by atoms with Crippen molar-refractivity contribution < 1.29 is 18.0 Å². The van der Waals surface area contributed by atoms with E-state index in [1.807, 2.05) is 0 Å². The normalized spacial score (nSPS) is 11.8. The molecule has 34 heavy (non-hydrogen) atoms. The Kier molecular flexibility index (Phi) is 5.21. The third-order valence-electron chi connectivity index (χ3n) is 4.81. The highest BCUT2D eigenvalue weighted by Gasteiger charge is 2.41. The Labute approximate surface area is 196 Å². The van der Waals surface area contributed by atoms with Gasteiger partial charge in [-0.15, -0.1) is 4.80 Å². The maximum Gasteiger partial charge on any atom is 0.434 e. The Balaban J connectivity index is 1.57. The van der Waals surface area contributed by atoms with Crippen molar-refractivity contribution in [3.8, 4) is 10.7 Å². The molecule has 0 aliphatic carbocycles. The molecule has 0 fully saturated rings. The fraction of sp³-hybridized carbons (Fsp3) is 0.0500. The smallest absolute Gasteiger partial charge is 0.329 e. The van der Waals surface area contributed by atoms with Gasteiger partial charge in [-0.1, -0.05) is 29.0 Å². The van der Waals surface area contributed by atoms with Crippen molar-refractivity contribution >= 4 is 44.6 Å². The van der Waals surface area contributed by atoms with Crippen LogP contribution in [0.1, 0.15) is 16.1 Å². The van der Waals surface area contributed by atoms with E-state index in [9.17, 15) is 22.8 Å². The second-order valence-electron chi connectivity index (χ2n) is 6.90. The van der Waals surface area contributed by atoms with Crippen molar-refractivity contribution in [2.24, 2.45) is 0 Å². The van der Waals surface area contributed by atoms with Gasteiger partial charge in [0, 0.05) is 17.0 Å². The lowest BCUT2D eigenvalue weighted by atomic mass is 10.1. The number of pyridine rings is 1. The number of fused-ring (bicyclic) bond motifs is 1. The number of amides is 1. The molecule has 5 aromatic rings. The van der Waals surface area contributed by atoms with Gasteiger partial charge >= 0.3 is 6.18 Å². The molecule has 0 radical (unpaired) electrons. The number of anilines is 1. The summed E-state index contributed by atoms with van der Waals surface area (Å²) in [5, 5.41) is 15.4. The third kappa shape index (κ3) is 3.74. The van der Waals surface area contributed by atoms with Crippen molar-refractivity contribution in [2.75, 3.05) is 5.32 Å². The predicted octanol–water partition coefficient (Wildman–Crippen LogP) is 4.28. The molecule has 0 aliphatic heterocycles. The maximum atomic E-state index is 14.1. The van der Waals surface area contributed by atoms with Crippen LogP contribution in [0.25, 0.3) is 21.5 Å². The number of hydrogen-bond donors (Lipinski definition) is 2. The Morgan fingerprint density at radius 3 is 2.62 bits per heavy atom. The van der Waals surface area contributed by atoms with Gasteiger partial charge in [0.25, 0.3) is 11.5 Å². The molecule has 0 aliphatic rings. The summed E-state index contributed by atoms with van der Waals surface area (Å²) in [6, 6.07) is 7.15. The zero-order valence-electron chi connectivity index (χ0n) is 16.7. The molecule has 1 aromatic carbocycles. The summed E-state index contributed by atoms with van der Waals surface area (Å²) in [6.45, 7) is 0. The molecule has 0 spiro atoms. The summed E-state index contributed by atoms with van der Waals surface area (Å²) < 4.78 is 42.9. The van der Waals surface area contributed by atoms with E-state index < -0.39 is 28.9 Å². The number of hydrogen-bond acceptors (Lipinski definition) is 6. The van der Waals surface area contributed by atoms with E-state index in [4.69, 9.17) is 11.6 Å². The molecule has 5 rings (SSSR count). The Morgan fingerprint density at radius 1 is 1.12 bits per heavy atom.